The average molecular weight is 250 g/mol. The van der Waals surface area contributed by atoms with E-state index < -0.39 is 0 Å². The maximum atomic E-state index is 2.69. The van der Waals surface area contributed by atoms with Crippen molar-refractivity contribution in [2.24, 2.45) is 0 Å². The lowest BCUT2D eigenvalue weighted by molar-refractivity contribution is 0.0999. The molecule has 0 amide bonds. The number of hydrogen-bond donors (Lipinski definition) is 0. The molecule has 2 saturated heterocycles. The van der Waals surface area contributed by atoms with E-state index in [2.05, 4.69) is 28.2 Å². The third-order valence-corrected chi connectivity index (χ3v) is 5.21. The fourth-order valence-corrected chi connectivity index (χ4v) is 4.24. The molecule has 1 aromatic heterocycles. The first kappa shape index (κ1) is 11.7. The van der Waals surface area contributed by atoms with Crippen molar-refractivity contribution in [1.29, 1.82) is 0 Å². The van der Waals surface area contributed by atoms with Crippen molar-refractivity contribution >= 4 is 11.3 Å². The minimum Gasteiger partial charge on any atom is -0.298 e. The second-order valence-corrected chi connectivity index (χ2v) is 6.29. The van der Waals surface area contributed by atoms with Crippen LogP contribution in [0.5, 0.6) is 0 Å². The van der Waals surface area contributed by atoms with E-state index in [-0.39, 0.29) is 0 Å². The summed E-state index contributed by atoms with van der Waals surface area (Å²) < 4.78 is 0. The highest BCUT2D eigenvalue weighted by molar-refractivity contribution is 7.10. The van der Waals surface area contributed by atoms with Crippen LogP contribution in [-0.2, 0) is 13.0 Å². The summed E-state index contributed by atoms with van der Waals surface area (Å²) in [7, 11) is 0. The SMILES string of the molecule is CCc1ccsc1CN1CCN2CCCC2C1. The monoisotopic (exact) mass is 250 g/mol. The minimum absolute atomic E-state index is 0.855. The Morgan fingerprint density at radius 1 is 1.35 bits per heavy atom. The van der Waals surface area contributed by atoms with Gasteiger partial charge in [0.05, 0.1) is 0 Å². The molecule has 94 valence electrons. The Morgan fingerprint density at radius 3 is 3.18 bits per heavy atom. The Bertz CT molecular complexity index is 374. The summed E-state index contributed by atoms with van der Waals surface area (Å²) in [6, 6.07) is 3.15. The quantitative estimate of drug-likeness (QED) is 0.813. The summed E-state index contributed by atoms with van der Waals surface area (Å²) in [6.07, 6.45) is 4.02. The molecule has 2 aliphatic heterocycles. The fourth-order valence-electron chi connectivity index (χ4n) is 3.22. The molecule has 1 aromatic rings. The molecule has 0 aromatic carbocycles. The van der Waals surface area contributed by atoms with Crippen LogP contribution in [0.4, 0.5) is 0 Å². The molecule has 3 heterocycles. The van der Waals surface area contributed by atoms with Gasteiger partial charge in [-0.3, -0.25) is 9.80 Å². The second-order valence-electron chi connectivity index (χ2n) is 5.29. The molecule has 2 nitrogen and oxygen atoms in total. The van der Waals surface area contributed by atoms with Gasteiger partial charge in [-0.15, -0.1) is 11.3 Å². The van der Waals surface area contributed by atoms with Crippen molar-refractivity contribution in [3.8, 4) is 0 Å². The van der Waals surface area contributed by atoms with E-state index in [1.807, 2.05) is 11.3 Å². The summed E-state index contributed by atoms with van der Waals surface area (Å²) in [4.78, 5) is 6.95. The van der Waals surface area contributed by atoms with Gasteiger partial charge in [-0.2, -0.15) is 0 Å². The molecule has 1 unspecified atom stereocenters. The molecular formula is C14H22N2S. The number of aryl methyl sites for hydroxylation is 1. The lowest BCUT2D eigenvalue weighted by Crippen LogP contribution is -2.49. The first-order valence-corrected chi connectivity index (χ1v) is 7.76. The van der Waals surface area contributed by atoms with Gasteiger partial charge in [-0.25, -0.2) is 0 Å². The van der Waals surface area contributed by atoms with Crippen LogP contribution in [0.2, 0.25) is 0 Å². The third kappa shape index (κ3) is 2.42. The van der Waals surface area contributed by atoms with Crippen molar-refractivity contribution in [2.75, 3.05) is 26.2 Å². The Hall–Kier alpha value is -0.380. The van der Waals surface area contributed by atoms with Crippen LogP contribution in [-0.4, -0.2) is 42.0 Å². The van der Waals surface area contributed by atoms with E-state index in [1.165, 1.54) is 52.0 Å². The Kier molecular flexibility index (Phi) is 3.50. The van der Waals surface area contributed by atoms with E-state index >= 15 is 0 Å². The van der Waals surface area contributed by atoms with Crippen LogP contribution in [0.25, 0.3) is 0 Å². The molecule has 0 N–H and O–H groups in total. The van der Waals surface area contributed by atoms with E-state index in [9.17, 15) is 0 Å². The fraction of sp³-hybridized carbons (Fsp3) is 0.714. The molecule has 17 heavy (non-hydrogen) atoms. The van der Waals surface area contributed by atoms with Crippen molar-refractivity contribution in [3.05, 3.63) is 21.9 Å². The minimum atomic E-state index is 0.855. The number of thiophene rings is 1. The van der Waals surface area contributed by atoms with Gasteiger partial charge in [0.15, 0.2) is 0 Å². The van der Waals surface area contributed by atoms with Gasteiger partial charge in [0, 0.05) is 37.1 Å². The van der Waals surface area contributed by atoms with Crippen LogP contribution in [0.15, 0.2) is 11.4 Å². The molecule has 0 spiro atoms. The number of piperazine rings is 1. The van der Waals surface area contributed by atoms with Gasteiger partial charge in [0.2, 0.25) is 0 Å². The van der Waals surface area contributed by atoms with Crippen LogP contribution >= 0.6 is 11.3 Å². The zero-order chi connectivity index (χ0) is 11.7. The van der Waals surface area contributed by atoms with Crippen LogP contribution in [0.1, 0.15) is 30.2 Å². The van der Waals surface area contributed by atoms with Crippen molar-refractivity contribution in [2.45, 2.75) is 38.8 Å². The molecule has 0 saturated carbocycles. The lowest BCUT2D eigenvalue weighted by atomic mass is 10.1. The van der Waals surface area contributed by atoms with Crippen LogP contribution < -0.4 is 0 Å². The van der Waals surface area contributed by atoms with Crippen molar-refractivity contribution < 1.29 is 0 Å². The van der Waals surface area contributed by atoms with Gasteiger partial charge in [-0.1, -0.05) is 6.92 Å². The van der Waals surface area contributed by atoms with Gasteiger partial charge in [0.1, 0.15) is 0 Å². The molecule has 2 fully saturated rings. The zero-order valence-electron chi connectivity index (χ0n) is 10.7. The maximum Gasteiger partial charge on any atom is 0.0331 e. The topological polar surface area (TPSA) is 6.48 Å². The molecular weight excluding hydrogens is 228 g/mol. The Labute approximate surface area is 108 Å². The van der Waals surface area contributed by atoms with E-state index in [0.29, 0.717) is 0 Å². The number of rotatable bonds is 3. The smallest absolute Gasteiger partial charge is 0.0331 e. The summed E-state index contributed by atoms with van der Waals surface area (Å²) in [5.41, 5.74) is 1.56. The van der Waals surface area contributed by atoms with E-state index in [0.717, 1.165) is 6.04 Å². The summed E-state index contributed by atoms with van der Waals surface area (Å²) in [6.45, 7) is 8.64. The number of fused-ring (bicyclic) bond motifs is 1. The predicted octanol–water partition coefficient (Wildman–Crippen LogP) is 2.59. The van der Waals surface area contributed by atoms with Gasteiger partial charge in [-0.05, 0) is 42.8 Å². The normalized spacial score (nSPS) is 26.3. The molecule has 3 rings (SSSR count). The molecule has 1 atom stereocenters. The van der Waals surface area contributed by atoms with E-state index in [1.54, 1.807) is 10.4 Å². The highest BCUT2D eigenvalue weighted by atomic mass is 32.1. The summed E-state index contributed by atoms with van der Waals surface area (Å²) >= 11 is 1.94. The first-order chi connectivity index (χ1) is 8.36. The predicted molar refractivity (Wildman–Crippen MR) is 73.6 cm³/mol. The van der Waals surface area contributed by atoms with E-state index in [4.69, 9.17) is 0 Å². The first-order valence-electron chi connectivity index (χ1n) is 6.88. The summed E-state index contributed by atoms with van der Waals surface area (Å²) in [5, 5.41) is 2.25. The highest BCUT2D eigenvalue weighted by Crippen LogP contribution is 2.25. The van der Waals surface area contributed by atoms with Gasteiger partial charge in [0.25, 0.3) is 0 Å². The Morgan fingerprint density at radius 2 is 2.29 bits per heavy atom. The van der Waals surface area contributed by atoms with Crippen molar-refractivity contribution in [3.63, 3.8) is 0 Å². The summed E-state index contributed by atoms with van der Waals surface area (Å²) in [5.74, 6) is 0. The Balaban J connectivity index is 1.62. The van der Waals surface area contributed by atoms with Crippen LogP contribution in [0.3, 0.4) is 0 Å². The molecule has 0 radical (unpaired) electrons. The van der Waals surface area contributed by atoms with Crippen LogP contribution in [0, 0.1) is 0 Å². The third-order valence-electron chi connectivity index (χ3n) is 4.26. The number of hydrogen-bond acceptors (Lipinski definition) is 3. The lowest BCUT2D eigenvalue weighted by Gasteiger charge is -2.37. The maximum absolute atomic E-state index is 2.69. The molecule has 0 aliphatic carbocycles. The molecule has 0 bridgehead atoms. The highest BCUT2D eigenvalue weighted by Gasteiger charge is 2.30. The molecule has 2 aliphatic rings. The average Bonchev–Trinajstić information content (AvgIpc) is 2.96. The van der Waals surface area contributed by atoms with Crippen molar-refractivity contribution in [1.82, 2.24) is 9.80 Å². The molecule has 3 heteroatoms. The standard InChI is InChI=1S/C14H22N2S/c1-2-12-5-9-17-14(12)11-15-7-8-16-6-3-4-13(16)10-15/h5,9,13H,2-4,6-8,10-11H2,1H3. The zero-order valence-corrected chi connectivity index (χ0v) is 11.5. The largest absolute Gasteiger partial charge is 0.298 e. The van der Waals surface area contributed by atoms with Gasteiger partial charge >= 0.3 is 0 Å². The van der Waals surface area contributed by atoms with Gasteiger partial charge < -0.3 is 0 Å². The second kappa shape index (κ2) is 5.09. The number of nitrogens with zero attached hydrogens (tertiary/aromatic N) is 2.